The molecule has 0 saturated heterocycles. The van der Waals surface area contributed by atoms with Gasteiger partial charge in [-0.2, -0.15) is 0 Å². The molecule has 3 N–H and O–H groups in total. The third-order valence-corrected chi connectivity index (χ3v) is 13.5. The Labute approximate surface area is 409 Å². The van der Waals surface area contributed by atoms with Crippen LogP contribution in [0.4, 0.5) is 0 Å². The summed E-state index contributed by atoms with van der Waals surface area (Å²) >= 11 is 0. The summed E-state index contributed by atoms with van der Waals surface area (Å²) in [5, 5.41) is 13.9. The Morgan fingerprint density at radius 2 is 0.879 bits per heavy atom. The van der Waals surface area contributed by atoms with E-state index in [1.807, 2.05) is 27.2 Å². The van der Waals surface area contributed by atoms with Gasteiger partial charge in [-0.05, 0) is 64.2 Å². The van der Waals surface area contributed by atoms with E-state index in [1.54, 1.807) is 6.08 Å². The molecule has 0 aliphatic heterocycles. The van der Waals surface area contributed by atoms with E-state index in [0.29, 0.717) is 17.4 Å². The van der Waals surface area contributed by atoms with Crippen molar-refractivity contribution in [3.05, 3.63) is 48.6 Å². The number of quaternary nitrogens is 1. The third kappa shape index (κ3) is 50.3. The van der Waals surface area contributed by atoms with Gasteiger partial charge in [-0.1, -0.05) is 236 Å². The second kappa shape index (κ2) is 48.5. The number of aliphatic hydroxyl groups excluding tert-OH is 1. The smallest absolute Gasteiger partial charge is 0.387 e. The highest BCUT2D eigenvalue weighted by molar-refractivity contribution is 7.47. The number of carbonyl (C=O) groups is 1. The van der Waals surface area contributed by atoms with Crippen LogP contribution < -0.4 is 5.32 Å². The van der Waals surface area contributed by atoms with Gasteiger partial charge in [-0.25, -0.2) is 4.57 Å². The average molecular weight is 950 g/mol. The molecule has 388 valence electrons. The summed E-state index contributed by atoms with van der Waals surface area (Å²) in [5.74, 6) is -0.188. The van der Waals surface area contributed by atoms with Gasteiger partial charge in [0.25, 0.3) is 0 Å². The number of nitrogens with one attached hydrogen (secondary N) is 1. The molecule has 0 heterocycles. The SMILES string of the molecule is CCCCCCC/C=C\C/C=C\CCCCCCCCCCCCCC(=O)NC(COP(=O)(O)OCC[N+](C)(C)C)C(O)/C=C/CC/C=C/CCCCCCCCCCCCCCCCC. The molecule has 0 aliphatic carbocycles. The summed E-state index contributed by atoms with van der Waals surface area (Å²) < 4.78 is 23.7. The van der Waals surface area contributed by atoms with Crippen LogP contribution in [0.5, 0.6) is 0 Å². The van der Waals surface area contributed by atoms with Crippen LogP contribution in [0.15, 0.2) is 48.6 Å². The summed E-state index contributed by atoms with van der Waals surface area (Å²) in [6.45, 7) is 4.81. The second-order valence-corrected chi connectivity index (χ2v) is 21.8. The first kappa shape index (κ1) is 64.5. The molecule has 0 aromatic rings. The van der Waals surface area contributed by atoms with Gasteiger partial charge in [0.2, 0.25) is 5.91 Å². The van der Waals surface area contributed by atoms with Crippen molar-refractivity contribution >= 4 is 13.7 Å². The normalized spacial score (nSPS) is 14.3. The number of carbonyl (C=O) groups excluding carboxylic acids is 1. The Hall–Kier alpha value is -1.54. The van der Waals surface area contributed by atoms with Crippen LogP contribution in [0, 0.1) is 0 Å². The van der Waals surface area contributed by atoms with Gasteiger partial charge < -0.3 is 19.8 Å². The Kier molecular flexibility index (Phi) is 47.4. The van der Waals surface area contributed by atoms with E-state index in [4.69, 9.17) is 9.05 Å². The van der Waals surface area contributed by atoms with Gasteiger partial charge in [0.15, 0.2) is 0 Å². The molecular formula is C57H110N2O6P+. The summed E-state index contributed by atoms with van der Waals surface area (Å²) in [7, 11) is 1.56. The van der Waals surface area contributed by atoms with E-state index in [-0.39, 0.29) is 19.1 Å². The van der Waals surface area contributed by atoms with Crippen molar-refractivity contribution in [1.29, 1.82) is 0 Å². The lowest BCUT2D eigenvalue weighted by Crippen LogP contribution is -2.45. The number of nitrogens with zero attached hydrogens (tertiary/aromatic N) is 1. The number of hydrogen-bond donors (Lipinski definition) is 3. The Bertz CT molecular complexity index is 1210. The highest BCUT2D eigenvalue weighted by atomic mass is 31.2. The lowest BCUT2D eigenvalue weighted by molar-refractivity contribution is -0.870. The largest absolute Gasteiger partial charge is 0.472 e. The monoisotopic (exact) mass is 950 g/mol. The topological polar surface area (TPSA) is 105 Å². The Balaban J connectivity index is 4.29. The van der Waals surface area contributed by atoms with Crippen LogP contribution in [-0.2, 0) is 18.4 Å². The van der Waals surface area contributed by atoms with Crippen molar-refractivity contribution in [3.8, 4) is 0 Å². The zero-order valence-electron chi connectivity index (χ0n) is 44.2. The summed E-state index contributed by atoms with van der Waals surface area (Å²) in [5.41, 5.74) is 0. The third-order valence-electron chi connectivity index (χ3n) is 12.5. The summed E-state index contributed by atoms with van der Waals surface area (Å²) in [6, 6.07) is -0.865. The van der Waals surface area contributed by atoms with Crippen LogP contribution in [0.25, 0.3) is 0 Å². The van der Waals surface area contributed by atoms with Crippen molar-refractivity contribution in [1.82, 2.24) is 5.32 Å². The van der Waals surface area contributed by atoms with E-state index in [2.05, 4.69) is 55.6 Å². The Morgan fingerprint density at radius 1 is 0.515 bits per heavy atom. The molecule has 3 unspecified atom stereocenters. The van der Waals surface area contributed by atoms with Gasteiger partial charge in [0.1, 0.15) is 13.2 Å². The number of likely N-dealkylation sites (N-methyl/N-ethyl adjacent to an activating group) is 1. The maximum atomic E-state index is 13.0. The van der Waals surface area contributed by atoms with Gasteiger partial charge >= 0.3 is 7.82 Å². The fraction of sp³-hybridized carbons (Fsp3) is 0.842. The minimum Gasteiger partial charge on any atom is -0.387 e. The van der Waals surface area contributed by atoms with E-state index in [0.717, 1.165) is 44.9 Å². The first-order valence-electron chi connectivity index (χ1n) is 28.0. The highest BCUT2D eigenvalue weighted by Crippen LogP contribution is 2.43. The fourth-order valence-electron chi connectivity index (χ4n) is 8.09. The maximum absolute atomic E-state index is 13.0. The zero-order chi connectivity index (χ0) is 48.5. The molecule has 0 radical (unpaired) electrons. The van der Waals surface area contributed by atoms with E-state index in [9.17, 15) is 19.4 Å². The number of hydrogen-bond acceptors (Lipinski definition) is 5. The molecule has 0 saturated carbocycles. The number of allylic oxidation sites excluding steroid dienone is 7. The first-order chi connectivity index (χ1) is 32.0. The molecule has 0 bridgehead atoms. The van der Waals surface area contributed by atoms with Gasteiger partial charge in [-0.3, -0.25) is 13.8 Å². The molecule has 9 heteroatoms. The molecule has 0 aliphatic rings. The van der Waals surface area contributed by atoms with Crippen molar-refractivity contribution in [2.24, 2.45) is 0 Å². The maximum Gasteiger partial charge on any atom is 0.472 e. The predicted octanol–water partition coefficient (Wildman–Crippen LogP) is 16.8. The standard InChI is InChI=1S/C57H109N2O6P/c1-6-8-10-12-14-16-18-20-22-24-26-28-29-31-33-35-37-39-41-43-45-47-49-51-57(61)58-55(54-65-66(62,63)64-53-52-59(3,4)5)56(60)50-48-46-44-42-40-38-36-34-32-30-27-25-23-21-19-17-15-13-11-9-7-2/h18,20,24,26,40,42,48,50,55-56,60H,6-17,19,21-23,25,27-39,41,43-47,49,51-54H2,1-5H3,(H-,58,61,62,63)/p+1/b20-18-,26-24-,42-40+,50-48+. The summed E-state index contributed by atoms with van der Waals surface area (Å²) in [4.78, 5) is 23.3. The van der Waals surface area contributed by atoms with Gasteiger partial charge in [-0.15, -0.1) is 0 Å². The lowest BCUT2D eigenvalue weighted by atomic mass is 10.0. The van der Waals surface area contributed by atoms with Crippen molar-refractivity contribution in [2.75, 3.05) is 40.9 Å². The Morgan fingerprint density at radius 3 is 1.30 bits per heavy atom. The molecule has 0 fully saturated rings. The zero-order valence-corrected chi connectivity index (χ0v) is 45.1. The predicted molar refractivity (Wildman–Crippen MR) is 286 cm³/mol. The first-order valence-corrected chi connectivity index (χ1v) is 29.5. The lowest BCUT2D eigenvalue weighted by Gasteiger charge is -2.25. The minimum absolute atomic E-state index is 0.0553. The number of unbranched alkanes of at least 4 members (excludes halogenated alkanes) is 32. The van der Waals surface area contributed by atoms with Crippen LogP contribution in [0.1, 0.15) is 258 Å². The van der Waals surface area contributed by atoms with Crippen LogP contribution in [-0.4, -0.2) is 73.4 Å². The highest BCUT2D eigenvalue weighted by Gasteiger charge is 2.27. The molecular weight excluding hydrogens is 840 g/mol. The van der Waals surface area contributed by atoms with Crippen molar-refractivity contribution in [2.45, 2.75) is 270 Å². The van der Waals surface area contributed by atoms with Gasteiger partial charge in [0, 0.05) is 6.42 Å². The average Bonchev–Trinajstić information content (AvgIpc) is 3.28. The molecule has 1 amide bonds. The number of phosphoric ester groups is 1. The van der Waals surface area contributed by atoms with E-state index >= 15 is 0 Å². The van der Waals surface area contributed by atoms with Gasteiger partial charge in [0.05, 0.1) is 39.9 Å². The van der Waals surface area contributed by atoms with Crippen LogP contribution in [0.3, 0.4) is 0 Å². The minimum atomic E-state index is -4.36. The number of aliphatic hydroxyl groups is 1. The van der Waals surface area contributed by atoms with Crippen LogP contribution >= 0.6 is 7.82 Å². The molecule has 0 aromatic heterocycles. The quantitative estimate of drug-likeness (QED) is 0.0243. The molecule has 66 heavy (non-hydrogen) atoms. The number of amides is 1. The van der Waals surface area contributed by atoms with E-state index < -0.39 is 20.0 Å². The van der Waals surface area contributed by atoms with Crippen LogP contribution in [0.2, 0.25) is 0 Å². The fourth-order valence-corrected chi connectivity index (χ4v) is 8.82. The van der Waals surface area contributed by atoms with Crippen molar-refractivity contribution in [3.63, 3.8) is 0 Å². The summed E-state index contributed by atoms with van der Waals surface area (Å²) in [6.07, 6.45) is 63.5. The second-order valence-electron chi connectivity index (χ2n) is 20.3. The van der Waals surface area contributed by atoms with Crippen molar-refractivity contribution < 1.29 is 32.9 Å². The molecule has 0 aromatic carbocycles. The molecule has 0 spiro atoms. The molecule has 8 nitrogen and oxygen atoms in total. The molecule has 0 rings (SSSR count). The van der Waals surface area contributed by atoms with E-state index in [1.165, 1.54) is 193 Å². The number of rotatable bonds is 51. The number of phosphoric acid groups is 1. The molecule has 3 atom stereocenters.